The van der Waals surface area contributed by atoms with Crippen LogP contribution in [0.4, 0.5) is 4.39 Å². The Hall–Kier alpha value is -2.45. The highest BCUT2D eigenvalue weighted by molar-refractivity contribution is 5.86. The predicted molar refractivity (Wildman–Crippen MR) is 112 cm³/mol. The third kappa shape index (κ3) is 4.94. The number of rotatable bonds is 4. The normalized spacial score (nSPS) is 15.2. The number of hydrogen-bond donors (Lipinski definition) is 2. The molecular weight excluding hydrogens is 399 g/mol. The number of piperazine rings is 1. The van der Waals surface area contributed by atoms with E-state index in [-0.39, 0.29) is 36.0 Å². The van der Waals surface area contributed by atoms with E-state index >= 15 is 0 Å². The molecule has 2 aromatic rings. The second-order valence-corrected chi connectivity index (χ2v) is 7.27. The van der Waals surface area contributed by atoms with Crippen LogP contribution in [0.25, 0.3) is 10.8 Å². The second kappa shape index (κ2) is 9.37. The number of carbonyl (C=O) groups excluding carboxylic acids is 2. The maximum Gasteiger partial charge on any atom is 0.259 e. The van der Waals surface area contributed by atoms with Crippen LogP contribution in [0.15, 0.2) is 23.0 Å². The molecule has 0 aliphatic carbocycles. The van der Waals surface area contributed by atoms with Crippen molar-refractivity contribution in [3.05, 3.63) is 45.6 Å². The van der Waals surface area contributed by atoms with E-state index in [0.29, 0.717) is 43.7 Å². The Morgan fingerprint density at radius 3 is 2.45 bits per heavy atom. The standard InChI is InChI=1S/C20H25FN4O3.ClH/c1-12-3-5-16(21)18-15(12)11-14(23-19(18)27)4-6-17(26)24-7-9-25(10-8-24)20(28)13(2)22;/h3,5,11,13H,4,6-10,22H2,1-2H3,(H,23,27);1H/t13-;/m0./s1. The number of nitrogens with two attached hydrogens (primary N) is 1. The number of carbonyl (C=O) groups is 2. The van der Waals surface area contributed by atoms with Crippen LogP contribution in [0, 0.1) is 12.7 Å². The molecule has 2 heterocycles. The fourth-order valence-electron chi connectivity index (χ4n) is 3.53. The third-order valence-corrected chi connectivity index (χ3v) is 5.17. The summed E-state index contributed by atoms with van der Waals surface area (Å²) in [5.74, 6) is -0.697. The number of fused-ring (bicyclic) bond motifs is 1. The number of benzene rings is 1. The van der Waals surface area contributed by atoms with Crippen LogP contribution < -0.4 is 11.3 Å². The molecule has 1 aliphatic heterocycles. The van der Waals surface area contributed by atoms with Crippen molar-refractivity contribution in [3.8, 4) is 0 Å². The molecule has 0 radical (unpaired) electrons. The number of aryl methyl sites for hydroxylation is 2. The highest BCUT2D eigenvalue weighted by Gasteiger charge is 2.25. The lowest BCUT2D eigenvalue weighted by molar-refractivity contribution is -0.140. The molecule has 0 spiro atoms. The number of hydrogen-bond acceptors (Lipinski definition) is 4. The second-order valence-electron chi connectivity index (χ2n) is 7.27. The molecule has 9 heteroatoms. The van der Waals surface area contributed by atoms with E-state index < -0.39 is 17.4 Å². The minimum atomic E-state index is -0.552. The number of nitrogens with zero attached hydrogens (tertiary/aromatic N) is 2. The van der Waals surface area contributed by atoms with Crippen LogP contribution in [-0.4, -0.2) is 58.8 Å². The predicted octanol–water partition coefficient (Wildman–Crippen LogP) is 1.35. The van der Waals surface area contributed by atoms with Gasteiger partial charge < -0.3 is 20.5 Å². The fraction of sp³-hybridized carbons (Fsp3) is 0.450. The molecule has 1 fully saturated rings. The zero-order chi connectivity index (χ0) is 20.4. The summed E-state index contributed by atoms with van der Waals surface area (Å²) in [4.78, 5) is 42.7. The Morgan fingerprint density at radius 2 is 1.83 bits per heavy atom. The zero-order valence-corrected chi connectivity index (χ0v) is 17.4. The summed E-state index contributed by atoms with van der Waals surface area (Å²) in [6.07, 6.45) is 0.593. The van der Waals surface area contributed by atoms with Gasteiger partial charge in [-0.1, -0.05) is 6.07 Å². The van der Waals surface area contributed by atoms with Gasteiger partial charge in [0.05, 0.1) is 11.4 Å². The zero-order valence-electron chi connectivity index (χ0n) is 16.5. The van der Waals surface area contributed by atoms with Crippen LogP contribution in [0.5, 0.6) is 0 Å². The smallest absolute Gasteiger partial charge is 0.259 e. The lowest BCUT2D eigenvalue weighted by Gasteiger charge is -2.35. The molecule has 1 aliphatic rings. The van der Waals surface area contributed by atoms with Crippen LogP contribution in [0.1, 0.15) is 24.6 Å². The van der Waals surface area contributed by atoms with Gasteiger partial charge in [-0.15, -0.1) is 12.4 Å². The van der Waals surface area contributed by atoms with Crippen LogP contribution in [-0.2, 0) is 16.0 Å². The Labute approximate surface area is 174 Å². The molecule has 3 rings (SSSR count). The summed E-state index contributed by atoms with van der Waals surface area (Å²) in [5, 5.41) is 0.610. The number of pyridine rings is 1. The summed E-state index contributed by atoms with van der Waals surface area (Å²) in [6.45, 7) is 5.34. The van der Waals surface area contributed by atoms with Crippen LogP contribution in [0.3, 0.4) is 0 Å². The lowest BCUT2D eigenvalue weighted by atomic mass is 10.0. The molecule has 0 bridgehead atoms. The molecule has 1 aromatic carbocycles. The van der Waals surface area contributed by atoms with Crippen molar-refractivity contribution in [2.24, 2.45) is 5.73 Å². The number of halogens is 2. The van der Waals surface area contributed by atoms with Gasteiger partial charge in [-0.25, -0.2) is 4.39 Å². The number of aromatic nitrogens is 1. The minimum absolute atomic E-state index is 0. The molecule has 1 saturated heterocycles. The molecule has 7 nitrogen and oxygen atoms in total. The van der Waals surface area contributed by atoms with Gasteiger partial charge >= 0.3 is 0 Å². The van der Waals surface area contributed by atoms with E-state index in [9.17, 15) is 18.8 Å². The molecule has 2 amide bonds. The Morgan fingerprint density at radius 1 is 1.21 bits per heavy atom. The summed E-state index contributed by atoms with van der Waals surface area (Å²) >= 11 is 0. The van der Waals surface area contributed by atoms with Gasteiger partial charge in [-0.05, 0) is 43.4 Å². The van der Waals surface area contributed by atoms with Crippen molar-refractivity contribution in [1.82, 2.24) is 14.8 Å². The largest absolute Gasteiger partial charge is 0.339 e. The lowest BCUT2D eigenvalue weighted by Crippen LogP contribution is -2.53. The van der Waals surface area contributed by atoms with E-state index in [1.54, 1.807) is 28.9 Å². The summed E-state index contributed by atoms with van der Waals surface area (Å²) in [6, 6.07) is 4.11. The molecule has 0 unspecified atom stereocenters. The fourth-order valence-corrected chi connectivity index (χ4v) is 3.53. The van der Waals surface area contributed by atoms with E-state index in [1.165, 1.54) is 6.07 Å². The van der Waals surface area contributed by atoms with Gasteiger partial charge in [-0.2, -0.15) is 0 Å². The first-order valence-electron chi connectivity index (χ1n) is 9.41. The van der Waals surface area contributed by atoms with Gasteiger partial charge in [0, 0.05) is 38.3 Å². The van der Waals surface area contributed by atoms with E-state index in [4.69, 9.17) is 5.73 Å². The maximum atomic E-state index is 13.9. The molecule has 3 N–H and O–H groups in total. The van der Waals surface area contributed by atoms with Crippen molar-refractivity contribution in [3.63, 3.8) is 0 Å². The number of amides is 2. The topological polar surface area (TPSA) is 99.5 Å². The summed E-state index contributed by atoms with van der Waals surface area (Å²) in [7, 11) is 0. The quantitative estimate of drug-likeness (QED) is 0.773. The highest BCUT2D eigenvalue weighted by atomic mass is 35.5. The van der Waals surface area contributed by atoms with Crippen molar-refractivity contribution in [2.75, 3.05) is 26.2 Å². The Balaban J connectivity index is 0.00000300. The van der Waals surface area contributed by atoms with Gasteiger partial charge in [0.15, 0.2) is 0 Å². The molecule has 1 aromatic heterocycles. The van der Waals surface area contributed by atoms with Crippen molar-refractivity contribution in [2.45, 2.75) is 32.7 Å². The Bertz CT molecular complexity index is 968. The SMILES string of the molecule is Cc1ccc(F)c2c(=O)[nH]c(CCC(=O)N3CCN(C(=O)[C@H](C)N)CC3)cc12.Cl. The van der Waals surface area contributed by atoms with Gasteiger partial charge in [0.2, 0.25) is 11.8 Å². The molecule has 158 valence electrons. The average Bonchev–Trinajstić information content (AvgIpc) is 2.68. The minimum Gasteiger partial charge on any atom is -0.339 e. The summed E-state index contributed by atoms with van der Waals surface area (Å²) < 4.78 is 13.9. The first-order chi connectivity index (χ1) is 13.3. The Kier molecular flexibility index (Phi) is 7.37. The third-order valence-electron chi connectivity index (χ3n) is 5.17. The molecule has 1 atom stereocenters. The first-order valence-corrected chi connectivity index (χ1v) is 9.41. The first kappa shape index (κ1) is 22.8. The molecule has 0 saturated carbocycles. The van der Waals surface area contributed by atoms with Crippen molar-refractivity contribution < 1.29 is 14.0 Å². The average molecular weight is 425 g/mol. The number of aromatic amines is 1. The van der Waals surface area contributed by atoms with Gasteiger partial charge in [-0.3, -0.25) is 14.4 Å². The van der Waals surface area contributed by atoms with E-state index in [0.717, 1.165) is 5.56 Å². The van der Waals surface area contributed by atoms with Crippen LogP contribution >= 0.6 is 12.4 Å². The summed E-state index contributed by atoms with van der Waals surface area (Å²) in [5.41, 5.74) is 6.55. The highest BCUT2D eigenvalue weighted by Crippen LogP contribution is 2.19. The van der Waals surface area contributed by atoms with E-state index in [2.05, 4.69) is 4.98 Å². The van der Waals surface area contributed by atoms with E-state index in [1.807, 2.05) is 6.92 Å². The van der Waals surface area contributed by atoms with Gasteiger partial charge in [0.1, 0.15) is 5.82 Å². The van der Waals surface area contributed by atoms with Crippen molar-refractivity contribution >= 4 is 35.0 Å². The van der Waals surface area contributed by atoms with Gasteiger partial charge in [0.25, 0.3) is 5.56 Å². The van der Waals surface area contributed by atoms with Crippen molar-refractivity contribution in [1.29, 1.82) is 0 Å². The molecule has 29 heavy (non-hydrogen) atoms. The monoisotopic (exact) mass is 424 g/mol. The maximum absolute atomic E-state index is 13.9. The number of H-pyrrole nitrogens is 1. The number of nitrogens with one attached hydrogen (secondary N) is 1. The molecular formula is C20H26ClFN4O3. The van der Waals surface area contributed by atoms with Crippen LogP contribution in [0.2, 0.25) is 0 Å².